The van der Waals surface area contributed by atoms with E-state index in [1.165, 1.54) is 0 Å². The molecule has 0 spiro atoms. The first-order valence-electron chi connectivity index (χ1n) is 4.83. The number of hydrogen-bond acceptors (Lipinski definition) is 3. The number of rotatable bonds is 8. The van der Waals surface area contributed by atoms with Gasteiger partial charge in [0.1, 0.15) is 0 Å². The van der Waals surface area contributed by atoms with Gasteiger partial charge in [-0.15, -0.1) is 0 Å². The van der Waals surface area contributed by atoms with Crippen molar-refractivity contribution in [3.63, 3.8) is 0 Å². The molecular formula is C10H21NO3. The molecule has 0 radical (unpaired) electrons. The van der Waals surface area contributed by atoms with Crippen molar-refractivity contribution in [2.75, 3.05) is 20.3 Å². The Labute approximate surface area is 86.0 Å². The molecule has 14 heavy (non-hydrogen) atoms. The number of hydrogen-bond donors (Lipinski definition) is 1. The van der Waals surface area contributed by atoms with Crippen molar-refractivity contribution in [3.05, 3.63) is 0 Å². The molecular weight excluding hydrogens is 182 g/mol. The third-order valence-corrected chi connectivity index (χ3v) is 1.91. The fourth-order valence-corrected chi connectivity index (χ4v) is 0.919. The van der Waals surface area contributed by atoms with Gasteiger partial charge < -0.3 is 14.8 Å². The fourth-order valence-electron chi connectivity index (χ4n) is 0.919. The van der Waals surface area contributed by atoms with Gasteiger partial charge in [0, 0.05) is 13.7 Å². The third-order valence-electron chi connectivity index (χ3n) is 1.91. The van der Waals surface area contributed by atoms with Gasteiger partial charge in [-0.1, -0.05) is 0 Å². The smallest absolute Gasteiger partial charge is 0.207 e. The van der Waals surface area contributed by atoms with Crippen LogP contribution in [0.3, 0.4) is 0 Å². The molecule has 0 aliphatic carbocycles. The van der Waals surface area contributed by atoms with Crippen molar-refractivity contribution in [1.82, 2.24) is 5.32 Å². The van der Waals surface area contributed by atoms with Crippen LogP contribution in [0.1, 0.15) is 27.2 Å². The molecule has 1 atom stereocenters. The van der Waals surface area contributed by atoms with Gasteiger partial charge in [-0.2, -0.15) is 0 Å². The average Bonchev–Trinajstić information content (AvgIpc) is 2.11. The fraction of sp³-hybridized carbons (Fsp3) is 0.900. The number of carbonyl (C=O) groups excluding carboxylic acids is 1. The summed E-state index contributed by atoms with van der Waals surface area (Å²) in [5.41, 5.74) is -0.302. The lowest BCUT2D eigenvalue weighted by Crippen LogP contribution is -2.43. The van der Waals surface area contributed by atoms with Crippen LogP contribution in [0.5, 0.6) is 0 Å². The highest BCUT2D eigenvalue weighted by Crippen LogP contribution is 2.05. The minimum atomic E-state index is -0.302. The van der Waals surface area contributed by atoms with Crippen molar-refractivity contribution in [2.45, 2.75) is 38.8 Å². The normalized spacial score (nSPS) is 13.7. The van der Waals surface area contributed by atoms with E-state index in [2.05, 4.69) is 5.32 Å². The second-order valence-electron chi connectivity index (χ2n) is 4.05. The van der Waals surface area contributed by atoms with Crippen LogP contribution >= 0.6 is 0 Å². The van der Waals surface area contributed by atoms with E-state index in [0.29, 0.717) is 19.6 Å². The summed E-state index contributed by atoms with van der Waals surface area (Å²) in [7, 11) is 1.67. The van der Waals surface area contributed by atoms with E-state index >= 15 is 0 Å². The molecule has 0 rings (SSSR count). The zero-order valence-electron chi connectivity index (χ0n) is 9.50. The summed E-state index contributed by atoms with van der Waals surface area (Å²) in [6, 6.07) is 0. The molecule has 0 fully saturated rings. The van der Waals surface area contributed by atoms with Crippen LogP contribution in [0.15, 0.2) is 0 Å². The summed E-state index contributed by atoms with van der Waals surface area (Å²) in [6.07, 6.45) is 1.72. The van der Waals surface area contributed by atoms with Gasteiger partial charge >= 0.3 is 0 Å². The van der Waals surface area contributed by atoms with Gasteiger partial charge in [0.15, 0.2) is 0 Å². The van der Waals surface area contributed by atoms with Crippen LogP contribution in [0.4, 0.5) is 0 Å². The molecule has 4 heteroatoms. The zero-order chi connectivity index (χ0) is 11.0. The van der Waals surface area contributed by atoms with E-state index in [1.807, 2.05) is 20.8 Å². The van der Waals surface area contributed by atoms with Gasteiger partial charge in [0.2, 0.25) is 6.41 Å². The molecule has 0 aromatic rings. The number of amides is 1. The predicted molar refractivity (Wildman–Crippen MR) is 55.2 cm³/mol. The third kappa shape index (κ3) is 6.86. The highest BCUT2D eigenvalue weighted by Gasteiger charge is 2.17. The van der Waals surface area contributed by atoms with Gasteiger partial charge in [-0.3, -0.25) is 4.79 Å². The van der Waals surface area contributed by atoms with Crippen LogP contribution in [0.25, 0.3) is 0 Å². The number of nitrogens with one attached hydrogen (secondary N) is 1. The van der Waals surface area contributed by atoms with E-state index in [1.54, 1.807) is 7.11 Å². The monoisotopic (exact) mass is 203 g/mol. The molecule has 0 heterocycles. The minimum absolute atomic E-state index is 0.155. The molecule has 0 aromatic carbocycles. The Hall–Kier alpha value is -0.610. The first-order valence-corrected chi connectivity index (χ1v) is 4.83. The van der Waals surface area contributed by atoms with Crippen molar-refractivity contribution in [2.24, 2.45) is 0 Å². The maximum atomic E-state index is 10.3. The van der Waals surface area contributed by atoms with E-state index in [9.17, 15) is 4.79 Å². The summed E-state index contributed by atoms with van der Waals surface area (Å²) in [6.45, 7) is 7.05. The van der Waals surface area contributed by atoms with Crippen LogP contribution in [0, 0.1) is 0 Å². The van der Waals surface area contributed by atoms with Crippen LogP contribution < -0.4 is 5.32 Å². The Balaban J connectivity index is 3.63. The molecule has 0 bridgehead atoms. The van der Waals surface area contributed by atoms with Crippen molar-refractivity contribution in [1.29, 1.82) is 0 Å². The Kier molecular flexibility index (Phi) is 6.49. The lowest BCUT2D eigenvalue weighted by molar-refractivity contribution is -0.112. The molecule has 0 saturated carbocycles. The van der Waals surface area contributed by atoms with Gasteiger partial charge in [0.05, 0.1) is 18.2 Å². The second-order valence-corrected chi connectivity index (χ2v) is 4.05. The Morgan fingerprint density at radius 1 is 1.50 bits per heavy atom. The standard InChI is InChI=1S/C10H21NO3/c1-9(5-6-13-4)14-7-10(2,3)11-8-12/h8-9H,5-7H2,1-4H3,(H,11,12). The predicted octanol–water partition coefficient (Wildman–Crippen LogP) is 0.953. The summed E-state index contributed by atoms with van der Waals surface area (Å²) >= 11 is 0. The number of ether oxygens (including phenoxy) is 2. The van der Waals surface area contributed by atoms with Crippen LogP contribution in [-0.4, -0.2) is 38.4 Å². The second kappa shape index (κ2) is 6.79. The van der Waals surface area contributed by atoms with Crippen molar-refractivity contribution in [3.8, 4) is 0 Å². The molecule has 0 aliphatic heterocycles. The molecule has 0 aromatic heterocycles. The Bertz CT molecular complexity index is 159. The van der Waals surface area contributed by atoms with Crippen molar-refractivity contribution < 1.29 is 14.3 Å². The summed E-state index contributed by atoms with van der Waals surface area (Å²) in [5, 5.41) is 2.70. The molecule has 1 amide bonds. The first-order chi connectivity index (χ1) is 6.52. The lowest BCUT2D eigenvalue weighted by atomic mass is 10.1. The topological polar surface area (TPSA) is 47.6 Å². The highest BCUT2D eigenvalue weighted by atomic mass is 16.5. The Morgan fingerprint density at radius 2 is 2.14 bits per heavy atom. The van der Waals surface area contributed by atoms with E-state index in [-0.39, 0.29) is 11.6 Å². The Morgan fingerprint density at radius 3 is 2.64 bits per heavy atom. The maximum absolute atomic E-state index is 10.3. The molecule has 1 unspecified atom stereocenters. The molecule has 1 N–H and O–H groups in total. The van der Waals surface area contributed by atoms with E-state index < -0.39 is 0 Å². The van der Waals surface area contributed by atoms with Crippen LogP contribution in [0.2, 0.25) is 0 Å². The number of methoxy groups -OCH3 is 1. The van der Waals surface area contributed by atoms with E-state index in [0.717, 1.165) is 6.42 Å². The first kappa shape index (κ1) is 13.4. The average molecular weight is 203 g/mol. The maximum Gasteiger partial charge on any atom is 0.207 e. The molecule has 4 nitrogen and oxygen atoms in total. The largest absolute Gasteiger partial charge is 0.385 e. The van der Waals surface area contributed by atoms with Crippen molar-refractivity contribution >= 4 is 6.41 Å². The minimum Gasteiger partial charge on any atom is -0.385 e. The SMILES string of the molecule is COCCC(C)OCC(C)(C)NC=O. The quantitative estimate of drug-likeness (QED) is 0.597. The molecule has 84 valence electrons. The van der Waals surface area contributed by atoms with Gasteiger partial charge in [0.25, 0.3) is 0 Å². The van der Waals surface area contributed by atoms with Gasteiger partial charge in [-0.05, 0) is 27.2 Å². The van der Waals surface area contributed by atoms with Crippen LogP contribution in [-0.2, 0) is 14.3 Å². The highest BCUT2D eigenvalue weighted by molar-refractivity contribution is 5.47. The van der Waals surface area contributed by atoms with E-state index in [4.69, 9.17) is 9.47 Å². The number of carbonyl (C=O) groups is 1. The molecule has 0 aliphatic rings. The summed E-state index contributed by atoms with van der Waals surface area (Å²) in [4.78, 5) is 10.3. The van der Waals surface area contributed by atoms with Gasteiger partial charge in [-0.25, -0.2) is 0 Å². The summed E-state index contributed by atoms with van der Waals surface area (Å²) in [5.74, 6) is 0. The molecule has 0 saturated heterocycles. The summed E-state index contributed by atoms with van der Waals surface area (Å²) < 4.78 is 10.5. The lowest BCUT2D eigenvalue weighted by Gasteiger charge is -2.25. The zero-order valence-corrected chi connectivity index (χ0v) is 9.50.